The molecule has 1 aromatic heterocycles. The molecule has 4 rings (SSSR count). The van der Waals surface area contributed by atoms with Crippen molar-refractivity contribution in [3.05, 3.63) is 40.8 Å². The van der Waals surface area contributed by atoms with E-state index < -0.39 is 0 Å². The van der Waals surface area contributed by atoms with E-state index in [2.05, 4.69) is 9.88 Å². The first kappa shape index (κ1) is 16.5. The predicted octanol–water partition coefficient (Wildman–Crippen LogP) is 2.16. The molecule has 6 nitrogen and oxygen atoms in total. The number of thiazole rings is 1. The first-order valence-electron chi connectivity index (χ1n) is 8.44. The van der Waals surface area contributed by atoms with Crippen molar-refractivity contribution in [2.24, 2.45) is 0 Å². The third kappa shape index (κ3) is 3.27. The molecule has 7 heteroatoms. The summed E-state index contributed by atoms with van der Waals surface area (Å²) in [6.07, 6.45) is 2.54. The van der Waals surface area contributed by atoms with Crippen molar-refractivity contribution < 1.29 is 14.3 Å². The minimum atomic E-state index is -0.181. The van der Waals surface area contributed by atoms with Crippen molar-refractivity contribution >= 4 is 22.9 Å². The van der Waals surface area contributed by atoms with Crippen LogP contribution in [0.3, 0.4) is 0 Å². The first-order chi connectivity index (χ1) is 12.3. The molecule has 0 radical (unpaired) electrons. The Balaban J connectivity index is 1.65. The lowest BCUT2D eigenvalue weighted by molar-refractivity contribution is -0.123. The molecule has 2 aliphatic rings. The van der Waals surface area contributed by atoms with Crippen molar-refractivity contribution in [3.63, 3.8) is 0 Å². The normalized spacial score (nSPS) is 23.1. The number of nitrogens with zero attached hydrogens (tertiary/aromatic N) is 3. The SMILES string of the molecule is COCCN1C(=O)C2CC(CN2Cc2nccs2)Oc2ccccc21. The zero-order valence-electron chi connectivity index (χ0n) is 14.1. The van der Waals surface area contributed by atoms with Crippen LogP contribution in [0.15, 0.2) is 35.8 Å². The Labute approximate surface area is 151 Å². The Hall–Kier alpha value is -1.96. The predicted molar refractivity (Wildman–Crippen MR) is 96.0 cm³/mol. The molecule has 2 aromatic rings. The van der Waals surface area contributed by atoms with Gasteiger partial charge in [0.1, 0.15) is 16.9 Å². The molecule has 1 amide bonds. The zero-order chi connectivity index (χ0) is 17.2. The van der Waals surface area contributed by atoms with E-state index in [1.807, 2.05) is 29.6 Å². The molecule has 2 aliphatic heterocycles. The molecule has 1 aromatic carbocycles. The van der Waals surface area contributed by atoms with Gasteiger partial charge in [-0.05, 0) is 12.1 Å². The summed E-state index contributed by atoms with van der Waals surface area (Å²) in [6.45, 7) is 2.43. The van der Waals surface area contributed by atoms with Crippen LogP contribution in [0.25, 0.3) is 0 Å². The summed E-state index contributed by atoms with van der Waals surface area (Å²) in [6, 6.07) is 7.58. The van der Waals surface area contributed by atoms with Gasteiger partial charge in [0.2, 0.25) is 5.91 Å². The van der Waals surface area contributed by atoms with Crippen molar-refractivity contribution in [1.82, 2.24) is 9.88 Å². The quantitative estimate of drug-likeness (QED) is 0.819. The van der Waals surface area contributed by atoms with Gasteiger partial charge in [0, 0.05) is 38.2 Å². The van der Waals surface area contributed by atoms with E-state index in [0.29, 0.717) is 26.1 Å². The lowest BCUT2D eigenvalue weighted by Crippen LogP contribution is -2.47. The van der Waals surface area contributed by atoms with E-state index >= 15 is 0 Å². The number of anilines is 1. The fourth-order valence-corrected chi connectivity index (χ4v) is 4.20. The van der Waals surface area contributed by atoms with E-state index in [-0.39, 0.29) is 18.1 Å². The standard InChI is InChI=1S/C18H21N3O3S/c1-23-8-7-21-14-4-2-3-5-16(14)24-13-10-15(18(21)22)20(11-13)12-17-19-6-9-25-17/h2-6,9,13,15H,7-8,10-12H2,1H3. The Morgan fingerprint density at radius 1 is 1.40 bits per heavy atom. The number of hydrogen-bond acceptors (Lipinski definition) is 6. The van der Waals surface area contributed by atoms with E-state index in [9.17, 15) is 4.79 Å². The summed E-state index contributed by atoms with van der Waals surface area (Å²) in [5, 5.41) is 2.99. The fraction of sp³-hybridized carbons (Fsp3) is 0.444. The number of fused-ring (bicyclic) bond motifs is 3. The molecule has 2 atom stereocenters. The monoisotopic (exact) mass is 359 g/mol. The number of hydrogen-bond donors (Lipinski definition) is 0. The Morgan fingerprint density at radius 3 is 3.08 bits per heavy atom. The summed E-state index contributed by atoms with van der Waals surface area (Å²) >= 11 is 1.62. The second-order valence-corrected chi connectivity index (χ2v) is 7.28. The lowest BCUT2D eigenvalue weighted by atomic mass is 10.1. The van der Waals surface area contributed by atoms with Gasteiger partial charge in [-0.1, -0.05) is 12.1 Å². The molecular weight excluding hydrogens is 338 g/mol. The van der Waals surface area contributed by atoms with Gasteiger partial charge in [0.05, 0.1) is 24.9 Å². The average molecular weight is 359 g/mol. The van der Waals surface area contributed by atoms with Gasteiger partial charge >= 0.3 is 0 Å². The van der Waals surface area contributed by atoms with E-state index in [0.717, 1.165) is 23.0 Å². The molecule has 0 N–H and O–H groups in total. The molecule has 1 fully saturated rings. The maximum Gasteiger partial charge on any atom is 0.244 e. The van der Waals surface area contributed by atoms with Crippen molar-refractivity contribution in [2.75, 3.05) is 31.7 Å². The largest absolute Gasteiger partial charge is 0.487 e. The number of amides is 1. The summed E-state index contributed by atoms with van der Waals surface area (Å²) in [7, 11) is 1.65. The maximum atomic E-state index is 13.3. The van der Waals surface area contributed by atoms with Crippen molar-refractivity contribution in [2.45, 2.75) is 25.1 Å². The topological polar surface area (TPSA) is 54.9 Å². The molecular formula is C18H21N3O3S. The van der Waals surface area contributed by atoms with Crippen LogP contribution in [0.1, 0.15) is 11.4 Å². The highest BCUT2D eigenvalue weighted by Crippen LogP contribution is 2.36. The average Bonchev–Trinajstić information content (AvgIpc) is 3.26. The smallest absolute Gasteiger partial charge is 0.244 e. The molecule has 132 valence electrons. The molecule has 2 bridgehead atoms. The third-order valence-corrected chi connectivity index (χ3v) is 5.47. The zero-order valence-corrected chi connectivity index (χ0v) is 14.9. The highest BCUT2D eigenvalue weighted by atomic mass is 32.1. The lowest BCUT2D eigenvalue weighted by Gasteiger charge is -2.31. The number of carbonyl (C=O) groups excluding carboxylic acids is 1. The summed E-state index contributed by atoms with van der Waals surface area (Å²) in [4.78, 5) is 21.7. The van der Waals surface area contributed by atoms with Gasteiger partial charge in [-0.15, -0.1) is 11.3 Å². The number of ether oxygens (including phenoxy) is 2. The molecule has 0 spiro atoms. The van der Waals surface area contributed by atoms with Gasteiger partial charge in [0.25, 0.3) is 0 Å². The molecule has 0 saturated carbocycles. The van der Waals surface area contributed by atoms with Gasteiger partial charge in [0.15, 0.2) is 0 Å². The second kappa shape index (κ2) is 7.11. The van der Waals surface area contributed by atoms with Gasteiger partial charge < -0.3 is 14.4 Å². The van der Waals surface area contributed by atoms with E-state index in [4.69, 9.17) is 9.47 Å². The van der Waals surface area contributed by atoms with Crippen molar-refractivity contribution in [1.29, 1.82) is 0 Å². The van der Waals surface area contributed by atoms with Gasteiger partial charge in [-0.3, -0.25) is 9.69 Å². The number of likely N-dealkylation sites (tertiary alicyclic amines) is 1. The molecule has 3 heterocycles. The Morgan fingerprint density at radius 2 is 2.28 bits per heavy atom. The number of methoxy groups -OCH3 is 1. The second-order valence-electron chi connectivity index (χ2n) is 6.30. The highest BCUT2D eigenvalue weighted by Gasteiger charge is 2.42. The summed E-state index contributed by atoms with van der Waals surface area (Å²) < 4.78 is 11.5. The minimum absolute atomic E-state index is 0.0274. The Bertz CT molecular complexity index is 737. The number of para-hydroxylation sites is 2. The van der Waals surface area contributed by atoms with Crippen LogP contribution in [-0.2, 0) is 16.1 Å². The molecule has 2 unspecified atom stereocenters. The summed E-state index contributed by atoms with van der Waals surface area (Å²) in [5.41, 5.74) is 0.829. The van der Waals surface area contributed by atoms with Crippen LogP contribution >= 0.6 is 11.3 Å². The molecule has 0 aliphatic carbocycles. The fourth-order valence-electron chi connectivity index (χ4n) is 3.55. The summed E-state index contributed by atoms with van der Waals surface area (Å²) in [5.74, 6) is 0.887. The minimum Gasteiger partial charge on any atom is -0.487 e. The van der Waals surface area contributed by atoms with E-state index in [1.165, 1.54) is 0 Å². The Kier molecular flexibility index (Phi) is 4.70. The maximum absolute atomic E-state index is 13.3. The van der Waals surface area contributed by atoms with Crippen molar-refractivity contribution in [3.8, 4) is 5.75 Å². The van der Waals surface area contributed by atoms with Crippen LogP contribution in [0.4, 0.5) is 5.69 Å². The number of rotatable bonds is 5. The van der Waals surface area contributed by atoms with Crippen LogP contribution in [0.2, 0.25) is 0 Å². The first-order valence-corrected chi connectivity index (χ1v) is 9.32. The molecule has 1 saturated heterocycles. The van der Waals surface area contributed by atoms with Crippen LogP contribution in [-0.4, -0.2) is 54.7 Å². The molecule has 25 heavy (non-hydrogen) atoms. The van der Waals surface area contributed by atoms with Gasteiger partial charge in [-0.25, -0.2) is 4.98 Å². The third-order valence-electron chi connectivity index (χ3n) is 4.71. The van der Waals surface area contributed by atoms with Gasteiger partial charge in [-0.2, -0.15) is 0 Å². The number of carbonyl (C=O) groups is 1. The van der Waals surface area contributed by atoms with Crippen LogP contribution in [0, 0.1) is 0 Å². The van der Waals surface area contributed by atoms with E-state index in [1.54, 1.807) is 29.5 Å². The van der Waals surface area contributed by atoms with Crippen LogP contribution < -0.4 is 9.64 Å². The number of benzene rings is 1. The highest BCUT2D eigenvalue weighted by molar-refractivity contribution is 7.09. The van der Waals surface area contributed by atoms with Crippen LogP contribution in [0.5, 0.6) is 5.75 Å². The number of aromatic nitrogens is 1.